The second kappa shape index (κ2) is 9.95. The van der Waals surface area contributed by atoms with Gasteiger partial charge in [-0.3, -0.25) is 19.4 Å². The largest absolute Gasteiger partial charge is 0.497 e. The third kappa shape index (κ3) is 5.31. The number of nitrogens with one attached hydrogen (secondary N) is 2. The number of ether oxygens (including phenoxy) is 1. The third-order valence-corrected chi connectivity index (χ3v) is 5.40. The van der Waals surface area contributed by atoms with Gasteiger partial charge in [0, 0.05) is 37.4 Å². The normalized spacial score (nSPS) is 21.1. The molecule has 2 amide bonds. The average Bonchev–Trinajstić information content (AvgIpc) is 2.93. The maximum atomic E-state index is 13.5. The first kappa shape index (κ1) is 22.1. The fourth-order valence-corrected chi connectivity index (χ4v) is 3.86. The predicted molar refractivity (Wildman–Crippen MR) is 117 cm³/mol. The summed E-state index contributed by atoms with van der Waals surface area (Å²) in [6.45, 7) is 7.36. The monoisotopic (exact) mass is 415 g/mol. The lowest BCUT2D eigenvalue weighted by Gasteiger charge is -2.38. The predicted octanol–water partition coefficient (Wildman–Crippen LogP) is 0.914. The topological polar surface area (TPSA) is 77.2 Å². The Hall–Kier alpha value is -2.58. The summed E-state index contributed by atoms with van der Waals surface area (Å²) in [4.78, 5) is 32.1. The van der Waals surface area contributed by atoms with Gasteiger partial charge in [-0.1, -0.05) is 12.1 Å². The zero-order chi connectivity index (χ0) is 21.7. The maximum absolute atomic E-state index is 13.5. The van der Waals surface area contributed by atoms with Gasteiger partial charge in [0.2, 0.25) is 5.91 Å². The van der Waals surface area contributed by atoms with Crippen molar-refractivity contribution in [2.45, 2.75) is 32.5 Å². The van der Waals surface area contributed by atoms with E-state index < -0.39 is 6.17 Å². The number of hydrogen-bond donors (Lipinski definition) is 2. The summed E-state index contributed by atoms with van der Waals surface area (Å²) in [5.41, 5.74) is 1.49. The van der Waals surface area contributed by atoms with Crippen molar-refractivity contribution >= 4 is 17.5 Å². The molecule has 0 radical (unpaired) electrons. The molecular formula is C22H33N5O3. The van der Waals surface area contributed by atoms with Crippen LogP contribution >= 0.6 is 0 Å². The van der Waals surface area contributed by atoms with Crippen molar-refractivity contribution in [3.05, 3.63) is 36.0 Å². The van der Waals surface area contributed by atoms with E-state index in [4.69, 9.17) is 4.74 Å². The summed E-state index contributed by atoms with van der Waals surface area (Å²) in [5, 5.41) is 6.18. The standard InChI is InChI=1S/C22H33N5O3/c1-16(2)24-20(28)15-27-19(17-7-5-8-18(13-17)30-4)14-23-21(22(27)29)26-10-6-9-25(3)11-12-26/h5,7-8,13-14,16,21,23H,6,9-12,15H2,1-4H3,(H,24,28). The molecule has 0 spiro atoms. The van der Waals surface area contributed by atoms with Crippen LogP contribution in [0.15, 0.2) is 30.5 Å². The smallest absolute Gasteiger partial charge is 0.265 e. The van der Waals surface area contributed by atoms with Crippen LogP contribution in [0.3, 0.4) is 0 Å². The molecule has 8 nitrogen and oxygen atoms in total. The molecule has 0 aromatic heterocycles. The van der Waals surface area contributed by atoms with E-state index in [2.05, 4.69) is 27.5 Å². The number of benzene rings is 1. The zero-order valence-electron chi connectivity index (χ0n) is 18.4. The van der Waals surface area contributed by atoms with Crippen molar-refractivity contribution in [2.75, 3.05) is 46.9 Å². The highest BCUT2D eigenvalue weighted by Crippen LogP contribution is 2.26. The van der Waals surface area contributed by atoms with Gasteiger partial charge in [-0.05, 0) is 46.0 Å². The lowest BCUT2D eigenvalue weighted by atomic mass is 10.1. The van der Waals surface area contributed by atoms with E-state index in [0.29, 0.717) is 11.4 Å². The van der Waals surface area contributed by atoms with E-state index in [1.807, 2.05) is 44.3 Å². The van der Waals surface area contributed by atoms with Crippen molar-refractivity contribution in [1.82, 2.24) is 25.3 Å². The van der Waals surface area contributed by atoms with Crippen molar-refractivity contribution in [3.8, 4) is 5.75 Å². The highest BCUT2D eigenvalue weighted by molar-refractivity contribution is 5.96. The molecule has 2 aliphatic rings. The number of carbonyl (C=O) groups excluding carboxylic acids is 2. The molecule has 164 valence electrons. The minimum atomic E-state index is -0.474. The number of nitrogens with zero attached hydrogens (tertiary/aromatic N) is 3. The Bertz CT molecular complexity index is 795. The van der Waals surface area contributed by atoms with Gasteiger partial charge in [-0.2, -0.15) is 0 Å². The first-order valence-electron chi connectivity index (χ1n) is 10.5. The molecular weight excluding hydrogens is 382 g/mol. The van der Waals surface area contributed by atoms with Crippen molar-refractivity contribution in [2.24, 2.45) is 0 Å². The number of rotatable bonds is 6. The Morgan fingerprint density at radius 3 is 2.80 bits per heavy atom. The van der Waals surface area contributed by atoms with Gasteiger partial charge < -0.3 is 20.3 Å². The van der Waals surface area contributed by atoms with Crippen molar-refractivity contribution in [1.29, 1.82) is 0 Å². The summed E-state index contributed by atoms with van der Waals surface area (Å²) < 4.78 is 5.34. The quantitative estimate of drug-likeness (QED) is 0.719. The second-order valence-corrected chi connectivity index (χ2v) is 8.17. The molecule has 2 aliphatic heterocycles. The average molecular weight is 416 g/mol. The summed E-state index contributed by atoms with van der Waals surface area (Å²) >= 11 is 0. The van der Waals surface area contributed by atoms with Gasteiger partial charge in [-0.25, -0.2) is 0 Å². The number of methoxy groups -OCH3 is 1. The first-order valence-corrected chi connectivity index (χ1v) is 10.5. The third-order valence-electron chi connectivity index (χ3n) is 5.40. The molecule has 1 unspecified atom stereocenters. The molecule has 0 saturated carbocycles. The van der Waals surface area contributed by atoms with Crippen LogP contribution in [-0.2, 0) is 9.59 Å². The first-order chi connectivity index (χ1) is 14.4. The van der Waals surface area contributed by atoms with Gasteiger partial charge in [0.25, 0.3) is 5.91 Å². The number of hydrogen-bond acceptors (Lipinski definition) is 6. The minimum Gasteiger partial charge on any atom is -0.497 e. The zero-order valence-corrected chi connectivity index (χ0v) is 18.4. The van der Waals surface area contributed by atoms with Crippen LogP contribution in [0.2, 0.25) is 0 Å². The van der Waals surface area contributed by atoms with Crippen LogP contribution in [0.4, 0.5) is 0 Å². The van der Waals surface area contributed by atoms with Crippen LogP contribution in [0, 0.1) is 0 Å². The Morgan fingerprint density at radius 1 is 1.27 bits per heavy atom. The van der Waals surface area contributed by atoms with Gasteiger partial charge in [-0.15, -0.1) is 0 Å². The SMILES string of the molecule is COc1cccc(C2=CNC(N3CCCN(C)CC3)C(=O)N2CC(=O)NC(C)C)c1. The summed E-state index contributed by atoms with van der Waals surface area (Å²) in [6, 6.07) is 7.53. The second-order valence-electron chi connectivity index (χ2n) is 8.17. The van der Waals surface area contributed by atoms with Crippen LogP contribution in [-0.4, -0.2) is 85.6 Å². The molecule has 0 aliphatic carbocycles. The molecule has 8 heteroatoms. The fourth-order valence-electron chi connectivity index (χ4n) is 3.86. The number of carbonyl (C=O) groups is 2. The van der Waals surface area contributed by atoms with Crippen LogP contribution < -0.4 is 15.4 Å². The van der Waals surface area contributed by atoms with Gasteiger partial charge in [0.15, 0.2) is 6.17 Å². The van der Waals surface area contributed by atoms with Crippen LogP contribution in [0.25, 0.3) is 5.70 Å². The summed E-state index contributed by atoms with van der Waals surface area (Å²) in [7, 11) is 3.71. The lowest BCUT2D eigenvalue weighted by Crippen LogP contribution is -2.59. The van der Waals surface area contributed by atoms with Gasteiger partial charge in [0.1, 0.15) is 12.3 Å². The molecule has 1 saturated heterocycles. The number of likely N-dealkylation sites (N-methyl/N-ethyl adjacent to an activating group) is 1. The van der Waals surface area contributed by atoms with E-state index >= 15 is 0 Å². The van der Waals surface area contributed by atoms with E-state index in [9.17, 15) is 9.59 Å². The molecule has 1 fully saturated rings. The maximum Gasteiger partial charge on any atom is 0.265 e. The van der Waals surface area contributed by atoms with E-state index in [1.54, 1.807) is 12.0 Å². The minimum absolute atomic E-state index is 0.0108. The Morgan fingerprint density at radius 2 is 2.07 bits per heavy atom. The molecule has 2 N–H and O–H groups in total. The summed E-state index contributed by atoms with van der Waals surface area (Å²) in [6.07, 6.45) is 2.37. The fraction of sp³-hybridized carbons (Fsp3) is 0.545. The lowest BCUT2D eigenvalue weighted by molar-refractivity contribution is -0.138. The molecule has 1 aromatic carbocycles. The van der Waals surface area contributed by atoms with Crippen molar-refractivity contribution in [3.63, 3.8) is 0 Å². The molecule has 1 atom stereocenters. The van der Waals surface area contributed by atoms with Crippen molar-refractivity contribution < 1.29 is 14.3 Å². The highest BCUT2D eigenvalue weighted by Gasteiger charge is 2.36. The Balaban J connectivity index is 1.88. The Labute approximate surface area is 178 Å². The molecule has 0 bridgehead atoms. The van der Waals surface area contributed by atoms with E-state index in [-0.39, 0.29) is 24.4 Å². The summed E-state index contributed by atoms with van der Waals surface area (Å²) in [5.74, 6) is 0.410. The van der Waals surface area contributed by atoms with Crippen LogP contribution in [0.5, 0.6) is 5.75 Å². The van der Waals surface area contributed by atoms with Gasteiger partial charge >= 0.3 is 0 Å². The molecule has 30 heavy (non-hydrogen) atoms. The van der Waals surface area contributed by atoms with Crippen LogP contribution in [0.1, 0.15) is 25.8 Å². The molecule has 2 heterocycles. The van der Waals surface area contributed by atoms with E-state index in [0.717, 1.165) is 38.2 Å². The number of amides is 2. The Kier molecular flexibility index (Phi) is 7.33. The molecule has 1 aromatic rings. The van der Waals surface area contributed by atoms with Gasteiger partial charge in [0.05, 0.1) is 12.8 Å². The highest BCUT2D eigenvalue weighted by atomic mass is 16.5. The molecule has 3 rings (SSSR count). The van der Waals surface area contributed by atoms with E-state index in [1.165, 1.54) is 0 Å².